The topological polar surface area (TPSA) is 98.3 Å². The molecule has 0 atom stereocenters. The van der Waals surface area contributed by atoms with Crippen LogP contribution in [0.4, 0.5) is 0 Å². The van der Waals surface area contributed by atoms with E-state index in [1.54, 1.807) is 0 Å². The summed E-state index contributed by atoms with van der Waals surface area (Å²) in [4.78, 5) is 0. The van der Waals surface area contributed by atoms with Gasteiger partial charge in [0.05, 0.1) is 0 Å². The minimum atomic E-state index is -1.25. The molecule has 0 bridgehead atoms. The third-order valence-corrected chi connectivity index (χ3v) is 0. The van der Waals surface area contributed by atoms with Crippen molar-refractivity contribution in [1.82, 2.24) is 5.39 Å². The van der Waals surface area contributed by atoms with Gasteiger partial charge in [-0.05, 0) is 0 Å². The summed E-state index contributed by atoms with van der Waals surface area (Å²) in [6.07, 6.45) is 0. The van der Waals surface area contributed by atoms with Crippen LogP contribution >= 0.6 is 0 Å². The van der Waals surface area contributed by atoms with E-state index in [0.29, 0.717) is 0 Å². The minimum Gasteiger partial charge on any atom is -0.738 e. The standard InChI is InChI=1S/Lu.H2NO3.H2O/c;2-1(3)4;/h;2-3H;1H2/q;-1;. The Labute approximate surface area is 63.2 Å². The van der Waals surface area contributed by atoms with Crippen LogP contribution in [0, 0.1) is 42.1 Å². The molecule has 0 saturated heterocycles. The van der Waals surface area contributed by atoms with Crippen LogP contribution in [0.3, 0.4) is 0 Å². The van der Waals surface area contributed by atoms with Gasteiger partial charge in [0.15, 0.2) is 0 Å². The Kier molecular flexibility index (Phi) is 24.6. The predicted octanol–water partition coefficient (Wildman–Crippen LogP) is -1.26. The molecule has 0 amide bonds. The van der Waals surface area contributed by atoms with E-state index in [0.717, 1.165) is 0 Å². The predicted molar refractivity (Wildman–Crippen MR) is 12.4 cm³/mol. The second kappa shape index (κ2) is 9.40. The van der Waals surface area contributed by atoms with Gasteiger partial charge < -0.3 is 21.1 Å². The van der Waals surface area contributed by atoms with E-state index >= 15 is 0 Å². The Balaban J connectivity index is -0.0000000450. The zero-order valence-corrected chi connectivity index (χ0v) is 4.16. The average Bonchev–Trinajstić information content (AvgIpc) is 0.811. The maximum atomic E-state index is 8.47. The van der Waals surface area contributed by atoms with E-state index in [2.05, 4.69) is 0 Å². The van der Waals surface area contributed by atoms with Crippen LogP contribution in [-0.2, 0) is 0 Å². The van der Waals surface area contributed by atoms with Crippen molar-refractivity contribution >= 4 is 0 Å². The van der Waals surface area contributed by atoms with Crippen molar-refractivity contribution < 1.29 is 52.8 Å². The van der Waals surface area contributed by atoms with Crippen molar-refractivity contribution in [3.8, 4) is 0 Å². The molecule has 0 aromatic rings. The maximum absolute atomic E-state index is 8.47. The van der Waals surface area contributed by atoms with Crippen LogP contribution in [0.25, 0.3) is 0 Å². The van der Waals surface area contributed by atoms with E-state index in [4.69, 9.17) is 15.6 Å². The first-order valence-electron chi connectivity index (χ1n) is 0.583. The molecule has 0 unspecified atom stereocenters. The summed E-state index contributed by atoms with van der Waals surface area (Å²) in [5, 5.41) is 21.0. The molecule has 0 heterocycles. The van der Waals surface area contributed by atoms with Crippen LogP contribution in [0.1, 0.15) is 0 Å². The number of hydrogen-bond acceptors (Lipinski definition) is 4. The summed E-state index contributed by atoms with van der Waals surface area (Å²) >= 11 is 0. The Bertz CT molecular complexity index is 12.3. The second-order valence-corrected chi connectivity index (χ2v) is 0.253. The molecule has 0 saturated carbocycles. The molecule has 4 N–H and O–H groups in total. The van der Waals surface area contributed by atoms with Crippen LogP contribution in [-0.4, -0.2) is 21.3 Å². The van der Waals surface area contributed by atoms with Crippen LogP contribution in [0.2, 0.25) is 0 Å². The number of nitrogens with zero attached hydrogens (tertiary/aromatic N) is 1. The Morgan fingerprint density at radius 2 is 1.33 bits per heavy atom. The van der Waals surface area contributed by atoms with Gasteiger partial charge in [-0.15, -0.1) is 5.39 Å². The Morgan fingerprint density at radius 1 is 1.33 bits per heavy atom. The van der Waals surface area contributed by atoms with Gasteiger partial charge in [0.2, 0.25) is 0 Å². The molecular weight excluding hydrogens is 253 g/mol. The summed E-state index contributed by atoms with van der Waals surface area (Å²) < 4.78 is 0. The fourth-order valence-electron chi connectivity index (χ4n) is 0. The van der Waals surface area contributed by atoms with Gasteiger partial charge in [0, 0.05) is 36.9 Å². The summed E-state index contributed by atoms with van der Waals surface area (Å²) in [5.74, 6) is 0. The molecule has 5 nitrogen and oxygen atoms in total. The quantitative estimate of drug-likeness (QED) is 0.529. The maximum Gasteiger partial charge on any atom is 0 e. The smallest absolute Gasteiger partial charge is 0 e. The average molecular weight is 257 g/mol. The number of hydrogen-bond donors (Lipinski definition) is 2. The molecular formula is H4LuNO4-. The monoisotopic (exact) mass is 257 g/mol. The van der Waals surface area contributed by atoms with Gasteiger partial charge in [-0.2, -0.15) is 0 Å². The molecule has 1 radical (unpaired) electrons. The normalized spacial score (nSPS) is 6.00. The van der Waals surface area contributed by atoms with Crippen LogP contribution in [0.15, 0.2) is 0 Å². The third-order valence-electron chi connectivity index (χ3n) is 0. The minimum absolute atomic E-state index is 0. The summed E-state index contributed by atoms with van der Waals surface area (Å²) in [6, 6.07) is 0. The second-order valence-electron chi connectivity index (χ2n) is 0.253. The Morgan fingerprint density at radius 3 is 1.33 bits per heavy atom. The van der Waals surface area contributed by atoms with Crippen molar-refractivity contribution in [2.75, 3.05) is 0 Å². The molecule has 0 spiro atoms. The van der Waals surface area contributed by atoms with E-state index in [1.807, 2.05) is 0 Å². The van der Waals surface area contributed by atoms with Crippen LogP contribution < -0.4 is 0 Å². The molecule has 6 heteroatoms. The van der Waals surface area contributed by atoms with Crippen LogP contribution in [0.5, 0.6) is 0 Å². The first-order chi connectivity index (χ1) is 1.73. The van der Waals surface area contributed by atoms with Crippen molar-refractivity contribution in [3.05, 3.63) is 5.21 Å². The molecule has 0 rings (SSSR count). The van der Waals surface area contributed by atoms with Gasteiger partial charge in [-0.25, -0.2) is 0 Å². The molecule has 0 aromatic heterocycles. The fourth-order valence-corrected chi connectivity index (χ4v) is 0. The van der Waals surface area contributed by atoms with E-state index in [-0.39, 0.29) is 42.4 Å². The number of rotatable bonds is 0. The van der Waals surface area contributed by atoms with Crippen molar-refractivity contribution in [2.24, 2.45) is 0 Å². The Hall–Kier alpha value is 1.03. The van der Waals surface area contributed by atoms with Gasteiger partial charge >= 0.3 is 0 Å². The molecule has 6 heavy (non-hydrogen) atoms. The summed E-state index contributed by atoms with van der Waals surface area (Å²) in [6.45, 7) is 0. The first kappa shape index (κ1) is 15.7. The fraction of sp³-hybridized carbons (Fsp3) is 0. The van der Waals surface area contributed by atoms with Gasteiger partial charge in [0.25, 0.3) is 0 Å². The zero-order valence-electron chi connectivity index (χ0n) is 2.51. The van der Waals surface area contributed by atoms with E-state index < -0.39 is 5.39 Å². The largest absolute Gasteiger partial charge is 0.738 e. The molecule has 0 fully saturated rings. The van der Waals surface area contributed by atoms with Crippen molar-refractivity contribution in [1.29, 1.82) is 0 Å². The van der Waals surface area contributed by atoms with E-state index in [1.165, 1.54) is 0 Å². The van der Waals surface area contributed by atoms with Crippen molar-refractivity contribution in [3.63, 3.8) is 0 Å². The SMILES string of the molecule is O.[Lu].[O-]N(O)O. The van der Waals surface area contributed by atoms with Crippen molar-refractivity contribution in [2.45, 2.75) is 0 Å². The zero-order chi connectivity index (χ0) is 3.58. The summed E-state index contributed by atoms with van der Waals surface area (Å²) in [5.41, 5.74) is 0. The molecule has 0 aliphatic rings. The van der Waals surface area contributed by atoms with Gasteiger partial charge in [-0.1, -0.05) is 0 Å². The van der Waals surface area contributed by atoms with Gasteiger partial charge in [-0.3, -0.25) is 0 Å². The molecule has 0 aromatic carbocycles. The molecule has 0 aliphatic carbocycles. The van der Waals surface area contributed by atoms with Gasteiger partial charge in [0.1, 0.15) is 0 Å². The van der Waals surface area contributed by atoms with E-state index in [9.17, 15) is 0 Å². The summed E-state index contributed by atoms with van der Waals surface area (Å²) in [7, 11) is 0. The third kappa shape index (κ3) is 76.6. The molecule has 0 aliphatic heterocycles. The molecule has 49 valence electrons. The first-order valence-corrected chi connectivity index (χ1v) is 0.583.